The van der Waals surface area contributed by atoms with Gasteiger partial charge in [-0.15, -0.1) is 0 Å². The highest BCUT2D eigenvalue weighted by atomic mass is 15.3. The van der Waals surface area contributed by atoms with Crippen molar-refractivity contribution in [1.29, 1.82) is 0 Å². The zero-order valence-electron chi connectivity index (χ0n) is 13.2. The Morgan fingerprint density at radius 3 is 2.63 bits per heavy atom. The molecule has 0 aromatic carbocycles. The molecule has 110 valence electrons. The van der Waals surface area contributed by atoms with Crippen molar-refractivity contribution in [2.24, 2.45) is 0 Å². The van der Waals surface area contributed by atoms with Gasteiger partial charge in [0.25, 0.3) is 0 Å². The second kappa shape index (κ2) is 9.13. The molecule has 0 aliphatic carbocycles. The molecule has 0 amide bonds. The van der Waals surface area contributed by atoms with Crippen LogP contribution < -0.4 is 5.32 Å². The minimum absolute atomic E-state index is 0.599. The van der Waals surface area contributed by atoms with Gasteiger partial charge in [-0.05, 0) is 32.8 Å². The van der Waals surface area contributed by atoms with E-state index in [1.54, 1.807) is 0 Å². The van der Waals surface area contributed by atoms with Crippen LogP contribution in [0.5, 0.6) is 0 Å². The summed E-state index contributed by atoms with van der Waals surface area (Å²) < 4.78 is 2.12. The molecule has 1 atom stereocenters. The zero-order chi connectivity index (χ0) is 14.1. The van der Waals surface area contributed by atoms with E-state index in [0.29, 0.717) is 6.04 Å². The molecule has 1 N–H and O–H groups in total. The molecule has 3 heteroatoms. The van der Waals surface area contributed by atoms with Gasteiger partial charge in [0.05, 0.1) is 11.4 Å². The summed E-state index contributed by atoms with van der Waals surface area (Å²) in [4.78, 5) is 0. The van der Waals surface area contributed by atoms with Crippen LogP contribution >= 0.6 is 0 Å². The van der Waals surface area contributed by atoms with Gasteiger partial charge >= 0.3 is 0 Å². The average molecular weight is 265 g/mol. The van der Waals surface area contributed by atoms with Crippen LogP contribution in [0.1, 0.15) is 71.2 Å². The van der Waals surface area contributed by atoms with Gasteiger partial charge in [0.15, 0.2) is 0 Å². The number of rotatable bonds is 10. The average Bonchev–Trinajstić information content (AvgIpc) is 2.84. The minimum atomic E-state index is 0.599. The molecule has 0 aliphatic rings. The van der Waals surface area contributed by atoms with E-state index < -0.39 is 0 Å². The van der Waals surface area contributed by atoms with E-state index in [9.17, 15) is 0 Å². The monoisotopic (exact) mass is 265 g/mol. The second-order valence-corrected chi connectivity index (χ2v) is 5.43. The van der Waals surface area contributed by atoms with Gasteiger partial charge in [-0.25, -0.2) is 0 Å². The molecule has 1 heterocycles. The SMILES string of the molecule is CCCCCCC(C)NCc1cc(CC)nn1CC. The molecule has 1 aromatic heterocycles. The van der Waals surface area contributed by atoms with Crippen LogP contribution in [0.4, 0.5) is 0 Å². The van der Waals surface area contributed by atoms with E-state index in [4.69, 9.17) is 0 Å². The lowest BCUT2D eigenvalue weighted by molar-refractivity contribution is 0.468. The fourth-order valence-corrected chi connectivity index (χ4v) is 2.36. The Morgan fingerprint density at radius 1 is 1.21 bits per heavy atom. The molecule has 0 fully saturated rings. The van der Waals surface area contributed by atoms with Gasteiger partial charge in [0.1, 0.15) is 0 Å². The molecule has 0 bridgehead atoms. The summed E-state index contributed by atoms with van der Waals surface area (Å²) in [5, 5.41) is 8.22. The molecule has 0 saturated heterocycles. The van der Waals surface area contributed by atoms with E-state index in [0.717, 1.165) is 19.5 Å². The smallest absolute Gasteiger partial charge is 0.0625 e. The molecule has 0 aliphatic heterocycles. The van der Waals surface area contributed by atoms with Crippen LogP contribution in [-0.4, -0.2) is 15.8 Å². The fourth-order valence-electron chi connectivity index (χ4n) is 2.36. The number of aryl methyl sites for hydroxylation is 2. The first-order chi connectivity index (χ1) is 9.21. The Kier molecular flexibility index (Phi) is 7.80. The highest BCUT2D eigenvalue weighted by molar-refractivity contribution is 5.10. The number of hydrogen-bond acceptors (Lipinski definition) is 2. The maximum Gasteiger partial charge on any atom is 0.0625 e. The zero-order valence-corrected chi connectivity index (χ0v) is 13.2. The quantitative estimate of drug-likeness (QED) is 0.650. The van der Waals surface area contributed by atoms with E-state index >= 15 is 0 Å². The summed E-state index contributed by atoms with van der Waals surface area (Å²) in [6, 6.07) is 2.84. The highest BCUT2D eigenvalue weighted by Gasteiger charge is 2.07. The number of aromatic nitrogens is 2. The third-order valence-corrected chi connectivity index (χ3v) is 3.70. The topological polar surface area (TPSA) is 29.9 Å². The molecular weight excluding hydrogens is 234 g/mol. The first-order valence-corrected chi connectivity index (χ1v) is 8.00. The molecule has 0 spiro atoms. The van der Waals surface area contributed by atoms with Crippen molar-refractivity contribution >= 4 is 0 Å². The van der Waals surface area contributed by atoms with Crippen molar-refractivity contribution in [3.05, 3.63) is 17.5 Å². The normalized spacial score (nSPS) is 12.8. The third-order valence-electron chi connectivity index (χ3n) is 3.70. The Balaban J connectivity index is 2.32. The molecule has 0 radical (unpaired) electrons. The lowest BCUT2D eigenvalue weighted by atomic mass is 10.1. The molecule has 19 heavy (non-hydrogen) atoms. The summed E-state index contributed by atoms with van der Waals surface area (Å²) in [5.74, 6) is 0. The predicted molar refractivity (Wildman–Crippen MR) is 82.3 cm³/mol. The van der Waals surface area contributed by atoms with Crippen LogP contribution in [0.25, 0.3) is 0 Å². The van der Waals surface area contributed by atoms with Crippen LogP contribution in [0.15, 0.2) is 6.07 Å². The Hall–Kier alpha value is -0.830. The summed E-state index contributed by atoms with van der Waals surface area (Å²) in [6.45, 7) is 10.8. The summed E-state index contributed by atoms with van der Waals surface area (Å²) >= 11 is 0. The van der Waals surface area contributed by atoms with Crippen molar-refractivity contribution in [2.45, 2.75) is 85.4 Å². The maximum absolute atomic E-state index is 4.59. The molecule has 1 unspecified atom stereocenters. The number of nitrogens with zero attached hydrogens (tertiary/aromatic N) is 2. The first kappa shape index (κ1) is 16.2. The van der Waals surface area contributed by atoms with Crippen LogP contribution in [0.2, 0.25) is 0 Å². The van der Waals surface area contributed by atoms with Crippen molar-refractivity contribution < 1.29 is 0 Å². The van der Waals surface area contributed by atoms with Gasteiger partial charge < -0.3 is 5.32 Å². The van der Waals surface area contributed by atoms with Crippen LogP contribution in [-0.2, 0) is 19.5 Å². The van der Waals surface area contributed by atoms with Gasteiger partial charge in [-0.1, -0.05) is 39.5 Å². The summed E-state index contributed by atoms with van der Waals surface area (Å²) in [7, 11) is 0. The molecular formula is C16H31N3. The standard InChI is InChI=1S/C16H31N3/c1-5-8-9-10-11-14(4)17-13-16-12-15(6-2)18-19(16)7-3/h12,14,17H,5-11,13H2,1-4H3. The number of hydrogen-bond donors (Lipinski definition) is 1. The highest BCUT2D eigenvalue weighted by Crippen LogP contribution is 2.08. The third kappa shape index (κ3) is 5.77. The maximum atomic E-state index is 4.59. The van der Waals surface area contributed by atoms with E-state index in [1.807, 2.05) is 0 Å². The van der Waals surface area contributed by atoms with Crippen molar-refractivity contribution in [3.8, 4) is 0 Å². The van der Waals surface area contributed by atoms with Gasteiger partial charge in [-0.3, -0.25) is 4.68 Å². The van der Waals surface area contributed by atoms with E-state index in [2.05, 4.69) is 48.9 Å². The van der Waals surface area contributed by atoms with Crippen molar-refractivity contribution in [1.82, 2.24) is 15.1 Å². The van der Waals surface area contributed by atoms with E-state index in [1.165, 1.54) is 43.5 Å². The predicted octanol–water partition coefficient (Wildman–Crippen LogP) is 3.91. The Bertz CT molecular complexity index is 344. The second-order valence-electron chi connectivity index (χ2n) is 5.43. The summed E-state index contributed by atoms with van der Waals surface area (Å²) in [6.07, 6.45) is 7.70. The largest absolute Gasteiger partial charge is 0.309 e. The molecule has 1 aromatic rings. The van der Waals surface area contributed by atoms with Crippen LogP contribution in [0, 0.1) is 0 Å². The molecule has 0 saturated carbocycles. The van der Waals surface area contributed by atoms with Gasteiger partial charge in [0.2, 0.25) is 0 Å². The lowest BCUT2D eigenvalue weighted by Crippen LogP contribution is -2.26. The van der Waals surface area contributed by atoms with Gasteiger partial charge in [-0.2, -0.15) is 5.10 Å². The molecule has 1 rings (SSSR count). The van der Waals surface area contributed by atoms with E-state index in [-0.39, 0.29) is 0 Å². The minimum Gasteiger partial charge on any atom is -0.309 e. The van der Waals surface area contributed by atoms with Gasteiger partial charge in [0, 0.05) is 19.1 Å². The Labute approximate surface area is 118 Å². The van der Waals surface area contributed by atoms with Crippen molar-refractivity contribution in [3.63, 3.8) is 0 Å². The Morgan fingerprint density at radius 2 is 2.00 bits per heavy atom. The molecule has 3 nitrogen and oxygen atoms in total. The number of nitrogens with one attached hydrogen (secondary N) is 1. The van der Waals surface area contributed by atoms with Crippen molar-refractivity contribution in [2.75, 3.05) is 0 Å². The lowest BCUT2D eigenvalue weighted by Gasteiger charge is -2.14. The fraction of sp³-hybridized carbons (Fsp3) is 0.812. The first-order valence-electron chi connectivity index (χ1n) is 8.00. The number of unbranched alkanes of at least 4 members (excludes halogenated alkanes) is 3. The summed E-state index contributed by atoms with van der Waals surface area (Å²) in [5.41, 5.74) is 2.52. The van der Waals surface area contributed by atoms with Crippen LogP contribution in [0.3, 0.4) is 0 Å².